The fourth-order valence-corrected chi connectivity index (χ4v) is 2.70. The quantitative estimate of drug-likeness (QED) is 0.541. The molecular formula is C22H25N3O. The number of anilines is 2. The smallest absolute Gasteiger partial charge is 0.267 e. The summed E-state index contributed by atoms with van der Waals surface area (Å²) in [7, 11) is 0. The van der Waals surface area contributed by atoms with Crippen molar-refractivity contribution in [3.05, 3.63) is 70.9 Å². The molecule has 0 aliphatic heterocycles. The number of hydrogen-bond donors (Lipinski definition) is 2. The van der Waals surface area contributed by atoms with Gasteiger partial charge in [-0.3, -0.25) is 4.79 Å². The Morgan fingerprint density at radius 1 is 1.08 bits per heavy atom. The lowest BCUT2D eigenvalue weighted by molar-refractivity contribution is -0.112. The number of carbonyl (C=O) groups excluding carboxylic acids is 1. The highest BCUT2D eigenvalue weighted by Crippen LogP contribution is 2.15. The molecule has 2 aromatic carbocycles. The molecule has 1 amide bonds. The summed E-state index contributed by atoms with van der Waals surface area (Å²) in [5, 5.41) is 15.1. The van der Waals surface area contributed by atoms with Gasteiger partial charge >= 0.3 is 0 Å². The van der Waals surface area contributed by atoms with Crippen LogP contribution in [0.5, 0.6) is 0 Å². The summed E-state index contributed by atoms with van der Waals surface area (Å²) in [5.74, 6) is -0.425. The van der Waals surface area contributed by atoms with Crippen LogP contribution in [0.1, 0.15) is 36.5 Å². The van der Waals surface area contributed by atoms with Gasteiger partial charge in [-0.15, -0.1) is 0 Å². The van der Waals surface area contributed by atoms with Gasteiger partial charge < -0.3 is 10.6 Å². The van der Waals surface area contributed by atoms with Crippen LogP contribution < -0.4 is 10.6 Å². The topological polar surface area (TPSA) is 64.9 Å². The number of unbranched alkanes of at least 4 members (excludes halogenated alkanes) is 1. The van der Waals surface area contributed by atoms with Crippen molar-refractivity contribution in [3.63, 3.8) is 0 Å². The third-order valence-electron chi connectivity index (χ3n) is 4.00. The summed E-state index contributed by atoms with van der Waals surface area (Å²) in [6, 6.07) is 15.7. The molecule has 0 saturated carbocycles. The molecular weight excluding hydrogens is 322 g/mol. The van der Waals surface area contributed by atoms with Gasteiger partial charge in [-0.2, -0.15) is 5.26 Å². The number of hydrogen-bond acceptors (Lipinski definition) is 3. The second-order valence-electron chi connectivity index (χ2n) is 6.45. The Morgan fingerprint density at radius 2 is 1.73 bits per heavy atom. The van der Waals surface area contributed by atoms with Gasteiger partial charge in [-0.05, 0) is 67.6 Å². The molecule has 0 radical (unpaired) electrons. The minimum Gasteiger partial charge on any atom is -0.360 e. The fourth-order valence-electron chi connectivity index (χ4n) is 2.70. The molecule has 0 aliphatic rings. The molecule has 4 nitrogen and oxygen atoms in total. The zero-order valence-electron chi connectivity index (χ0n) is 15.6. The molecule has 0 atom stereocenters. The van der Waals surface area contributed by atoms with Crippen LogP contribution in [0.25, 0.3) is 0 Å². The van der Waals surface area contributed by atoms with E-state index in [-0.39, 0.29) is 5.57 Å². The van der Waals surface area contributed by atoms with Crippen LogP contribution in [-0.2, 0) is 11.2 Å². The Kier molecular flexibility index (Phi) is 6.99. The first-order valence-corrected chi connectivity index (χ1v) is 8.87. The SMILES string of the molecule is CCCCc1ccc(NC(=O)/C(C#N)=C\Nc2cc(C)cc(C)c2)cc1. The monoisotopic (exact) mass is 347 g/mol. The third kappa shape index (κ3) is 5.78. The number of amides is 1. The molecule has 26 heavy (non-hydrogen) atoms. The molecule has 0 aromatic heterocycles. The van der Waals surface area contributed by atoms with Gasteiger partial charge in [0.15, 0.2) is 0 Å². The van der Waals surface area contributed by atoms with Crippen LogP contribution in [0, 0.1) is 25.2 Å². The summed E-state index contributed by atoms with van der Waals surface area (Å²) in [6.45, 7) is 6.17. The van der Waals surface area contributed by atoms with E-state index < -0.39 is 5.91 Å². The Morgan fingerprint density at radius 3 is 2.31 bits per heavy atom. The zero-order chi connectivity index (χ0) is 18.9. The molecule has 0 bridgehead atoms. The first kappa shape index (κ1) is 19.3. The third-order valence-corrected chi connectivity index (χ3v) is 4.00. The summed E-state index contributed by atoms with van der Waals surface area (Å²) in [6.07, 6.45) is 4.78. The molecule has 4 heteroatoms. The molecule has 0 fully saturated rings. The summed E-state index contributed by atoms with van der Waals surface area (Å²) < 4.78 is 0. The van der Waals surface area contributed by atoms with Crippen LogP contribution in [0.4, 0.5) is 11.4 Å². The largest absolute Gasteiger partial charge is 0.360 e. The average Bonchev–Trinajstić information content (AvgIpc) is 2.61. The minimum absolute atomic E-state index is 0.0271. The molecule has 2 N–H and O–H groups in total. The van der Waals surface area contributed by atoms with Crippen LogP contribution >= 0.6 is 0 Å². The molecule has 2 rings (SSSR count). The highest BCUT2D eigenvalue weighted by Gasteiger charge is 2.09. The molecule has 134 valence electrons. The minimum atomic E-state index is -0.425. The second kappa shape index (κ2) is 9.43. The van der Waals surface area contributed by atoms with E-state index in [4.69, 9.17) is 0 Å². The predicted octanol–water partition coefficient (Wildman–Crippen LogP) is 5.10. The van der Waals surface area contributed by atoms with Crippen molar-refractivity contribution in [2.45, 2.75) is 40.0 Å². The number of nitrogens with zero attached hydrogens (tertiary/aromatic N) is 1. The number of benzene rings is 2. The van der Waals surface area contributed by atoms with E-state index in [0.29, 0.717) is 5.69 Å². The van der Waals surface area contributed by atoms with Gasteiger partial charge in [0.2, 0.25) is 0 Å². The molecule has 0 unspecified atom stereocenters. The van der Waals surface area contributed by atoms with E-state index in [0.717, 1.165) is 36.1 Å². The van der Waals surface area contributed by atoms with Crippen LogP contribution in [-0.4, -0.2) is 5.91 Å². The second-order valence-corrected chi connectivity index (χ2v) is 6.45. The lowest BCUT2D eigenvalue weighted by Crippen LogP contribution is -2.14. The van der Waals surface area contributed by atoms with Gasteiger partial charge in [0.05, 0.1) is 0 Å². The van der Waals surface area contributed by atoms with Crippen molar-refractivity contribution in [1.82, 2.24) is 0 Å². The lowest BCUT2D eigenvalue weighted by atomic mass is 10.1. The maximum Gasteiger partial charge on any atom is 0.267 e. The molecule has 0 aliphatic carbocycles. The van der Waals surface area contributed by atoms with E-state index in [1.54, 1.807) is 0 Å². The van der Waals surface area contributed by atoms with Crippen LogP contribution in [0.3, 0.4) is 0 Å². The maximum absolute atomic E-state index is 12.3. The lowest BCUT2D eigenvalue weighted by Gasteiger charge is -2.07. The number of nitrogens with one attached hydrogen (secondary N) is 2. The number of rotatable bonds is 7. The van der Waals surface area contributed by atoms with E-state index in [1.807, 2.05) is 56.3 Å². The highest BCUT2D eigenvalue weighted by molar-refractivity contribution is 6.06. The van der Waals surface area contributed by atoms with Gasteiger partial charge in [0, 0.05) is 17.6 Å². The standard InChI is InChI=1S/C22H25N3O/c1-4-5-6-18-7-9-20(10-8-18)25-22(26)19(14-23)15-24-21-12-16(2)11-17(3)13-21/h7-13,15,24H,4-6H2,1-3H3,(H,25,26)/b19-15-. The van der Waals surface area contributed by atoms with Gasteiger partial charge in [-0.25, -0.2) is 0 Å². The first-order valence-electron chi connectivity index (χ1n) is 8.87. The van der Waals surface area contributed by atoms with Gasteiger partial charge in [0.1, 0.15) is 11.6 Å². The Hall–Kier alpha value is -3.06. The summed E-state index contributed by atoms with van der Waals surface area (Å²) in [5.41, 5.74) is 5.04. The Balaban J connectivity index is 2.02. The van der Waals surface area contributed by atoms with Crippen molar-refractivity contribution in [3.8, 4) is 6.07 Å². The van der Waals surface area contributed by atoms with Crippen molar-refractivity contribution in [2.24, 2.45) is 0 Å². The van der Waals surface area contributed by atoms with Crippen molar-refractivity contribution in [2.75, 3.05) is 10.6 Å². The number of carbonyl (C=O) groups is 1. The van der Waals surface area contributed by atoms with Crippen molar-refractivity contribution >= 4 is 17.3 Å². The first-order chi connectivity index (χ1) is 12.5. The Bertz CT molecular complexity index is 809. The van der Waals surface area contributed by atoms with Crippen LogP contribution in [0.15, 0.2) is 54.2 Å². The van der Waals surface area contributed by atoms with Gasteiger partial charge in [0.25, 0.3) is 5.91 Å². The van der Waals surface area contributed by atoms with E-state index >= 15 is 0 Å². The molecule has 0 spiro atoms. The van der Waals surface area contributed by atoms with Crippen molar-refractivity contribution in [1.29, 1.82) is 5.26 Å². The van der Waals surface area contributed by atoms with Crippen molar-refractivity contribution < 1.29 is 4.79 Å². The normalized spacial score (nSPS) is 10.9. The maximum atomic E-state index is 12.3. The number of aryl methyl sites for hydroxylation is 3. The number of nitriles is 1. The summed E-state index contributed by atoms with van der Waals surface area (Å²) in [4.78, 5) is 12.3. The molecule has 2 aromatic rings. The van der Waals surface area contributed by atoms with E-state index in [1.165, 1.54) is 11.8 Å². The van der Waals surface area contributed by atoms with E-state index in [2.05, 4.69) is 23.6 Å². The van der Waals surface area contributed by atoms with Gasteiger partial charge in [-0.1, -0.05) is 31.5 Å². The van der Waals surface area contributed by atoms with E-state index in [9.17, 15) is 10.1 Å². The molecule has 0 heterocycles. The Labute approximate surface area is 155 Å². The highest BCUT2D eigenvalue weighted by atomic mass is 16.1. The summed E-state index contributed by atoms with van der Waals surface area (Å²) >= 11 is 0. The fraction of sp³-hybridized carbons (Fsp3) is 0.273. The average molecular weight is 347 g/mol. The zero-order valence-corrected chi connectivity index (χ0v) is 15.6. The molecule has 0 saturated heterocycles. The van der Waals surface area contributed by atoms with Crippen LogP contribution in [0.2, 0.25) is 0 Å². The predicted molar refractivity (Wildman–Crippen MR) is 107 cm³/mol.